The van der Waals surface area contributed by atoms with Crippen LogP contribution >= 0.6 is 0 Å². The number of hydrogen-bond acceptors (Lipinski definition) is 10. The van der Waals surface area contributed by atoms with Crippen LogP contribution in [0.5, 0.6) is 0 Å². The fraction of sp³-hybridized carbons (Fsp3) is 0.469. The number of benzene rings is 2. The maximum atomic E-state index is 12.8. The van der Waals surface area contributed by atoms with Gasteiger partial charge in [0.1, 0.15) is 0 Å². The number of fused-ring (bicyclic) bond motifs is 2. The summed E-state index contributed by atoms with van der Waals surface area (Å²) in [4.78, 5) is 48.3. The van der Waals surface area contributed by atoms with Gasteiger partial charge in [0.2, 0.25) is 11.9 Å². The molecule has 1 aromatic heterocycles. The third-order valence-electron chi connectivity index (χ3n) is 8.40. The number of nitrogens with zero attached hydrogens (tertiary/aromatic N) is 7. The maximum Gasteiger partial charge on any atom is 0.323 e. The minimum Gasteiger partial charge on any atom is -0.378 e. The lowest BCUT2D eigenvalue weighted by molar-refractivity contribution is 0.0786. The smallest absolute Gasteiger partial charge is 0.323 e. The number of carbonyl (C=O) groups is 2. The molecule has 0 spiro atoms. The summed E-state index contributed by atoms with van der Waals surface area (Å²) in [6.45, 7) is 5.51. The van der Waals surface area contributed by atoms with Gasteiger partial charge in [-0.15, -0.1) is 0 Å². The minimum atomic E-state index is -0.384. The molecule has 45 heavy (non-hydrogen) atoms. The van der Waals surface area contributed by atoms with Crippen molar-refractivity contribution in [1.29, 1.82) is 0 Å². The van der Waals surface area contributed by atoms with Gasteiger partial charge >= 0.3 is 6.03 Å². The zero-order chi connectivity index (χ0) is 31.3. The predicted octanol–water partition coefficient (Wildman–Crippen LogP) is 3.02. The molecule has 3 amide bonds. The summed E-state index contributed by atoms with van der Waals surface area (Å²) >= 11 is 0. The molecule has 3 fully saturated rings. The number of hydrogen-bond donors (Lipinski definition) is 2. The number of rotatable bonds is 9. The number of morpholine rings is 2. The lowest BCUT2D eigenvalue weighted by Gasteiger charge is -2.35. The van der Waals surface area contributed by atoms with E-state index in [4.69, 9.17) is 24.4 Å². The Balaban J connectivity index is 1.12. The summed E-state index contributed by atoms with van der Waals surface area (Å²) in [5.74, 6) is 1.86. The third-order valence-corrected chi connectivity index (χ3v) is 8.40. The molecular weight excluding hydrogens is 574 g/mol. The van der Waals surface area contributed by atoms with Crippen molar-refractivity contribution in [1.82, 2.24) is 24.8 Å². The minimum absolute atomic E-state index is 0.0624. The van der Waals surface area contributed by atoms with Crippen molar-refractivity contribution in [3.05, 3.63) is 54.1 Å². The lowest BCUT2D eigenvalue weighted by Crippen LogP contribution is -2.47. The highest BCUT2D eigenvalue weighted by molar-refractivity contribution is 6.00. The van der Waals surface area contributed by atoms with Gasteiger partial charge in [0.15, 0.2) is 5.82 Å². The van der Waals surface area contributed by atoms with Crippen molar-refractivity contribution in [2.75, 3.05) is 94.2 Å². The summed E-state index contributed by atoms with van der Waals surface area (Å²) in [7, 11) is 5.73. The van der Waals surface area contributed by atoms with Gasteiger partial charge < -0.3 is 39.7 Å². The lowest BCUT2D eigenvalue weighted by atomic mass is 10.2. The van der Waals surface area contributed by atoms with E-state index in [0.29, 0.717) is 67.6 Å². The molecule has 3 aliphatic rings. The summed E-state index contributed by atoms with van der Waals surface area (Å²) in [5, 5.41) is 5.70. The van der Waals surface area contributed by atoms with Crippen molar-refractivity contribution >= 4 is 35.2 Å². The molecule has 4 heterocycles. The summed E-state index contributed by atoms with van der Waals surface area (Å²) in [6, 6.07) is 14.5. The second kappa shape index (κ2) is 13.8. The van der Waals surface area contributed by atoms with E-state index in [2.05, 4.69) is 20.4 Å². The Morgan fingerprint density at radius 2 is 1.40 bits per heavy atom. The fourth-order valence-electron chi connectivity index (χ4n) is 5.82. The molecule has 2 N–H and O–H groups in total. The highest BCUT2D eigenvalue weighted by Gasteiger charge is 2.39. The molecule has 3 aromatic rings. The Morgan fingerprint density at radius 1 is 0.800 bits per heavy atom. The first-order chi connectivity index (χ1) is 21.8. The number of anilines is 4. The monoisotopic (exact) mass is 615 g/mol. The molecule has 238 valence electrons. The van der Waals surface area contributed by atoms with Gasteiger partial charge in [-0.25, -0.2) is 4.79 Å². The fourth-order valence-corrected chi connectivity index (χ4v) is 5.82. The van der Waals surface area contributed by atoms with Crippen LogP contribution in [0.25, 0.3) is 11.4 Å². The summed E-state index contributed by atoms with van der Waals surface area (Å²) in [5.41, 5.74) is 2.61. The standard InChI is InChI=1S/C32H41N9O4/c1-38(2)14-15-39(3)29(42)23-6-10-25(11-7-23)34-32(43)33-24-8-4-22(5-9-24)28-35-30(40-16-18-44-19-17-40)37-31(36-28)41-26-12-13-27(41)21-45-20-26/h4-11,26-27H,12-21H2,1-3H3,(H2,33,34,43). The molecule has 3 saturated heterocycles. The van der Waals surface area contributed by atoms with Gasteiger partial charge in [-0.1, -0.05) is 0 Å². The number of amides is 3. The Morgan fingerprint density at radius 3 is 2.02 bits per heavy atom. The number of ether oxygens (including phenoxy) is 2. The molecule has 2 unspecified atom stereocenters. The van der Waals surface area contributed by atoms with Crippen LogP contribution in [0.3, 0.4) is 0 Å². The van der Waals surface area contributed by atoms with E-state index >= 15 is 0 Å². The molecule has 0 aliphatic carbocycles. The molecule has 2 atom stereocenters. The van der Waals surface area contributed by atoms with E-state index in [1.165, 1.54) is 0 Å². The first-order valence-electron chi connectivity index (χ1n) is 15.5. The van der Waals surface area contributed by atoms with Crippen LogP contribution in [-0.4, -0.2) is 123 Å². The van der Waals surface area contributed by atoms with Crippen molar-refractivity contribution in [2.24, 2.45) is 0 Å². The zero-order valence-electron chi connectivity index (χ0n) is 26.1. The molecule has 0 radical (unpaired) electrons. The van der Waals surface area contributed by atoms with Gasteiger partial charge in [0.25, 0.3) is 5.91 Å². The number of urea groups is 1. The molecular formula is C32H41N9O4. The molecule has 2 aromatic carbocycles. The molecule has 0 saturated carbocycles. The van der Waals surface area contributed by atoms with Gasteiger partial charge in [-0.05, 0) is 75.5 Å². The highest BCUT2D eigenvalue weighted by Crippen LogP contribution is 2.34. The van der Waals surface area contributed by atoms with Crippen molar-refractivity contribution in [3.63, 3.8) is 0 Å². The second-order valence-electron chi connectivity index (χ2n) is 12.0. The SMILES string of the molecule is CN(C)CCN(C)C(=O)c1ccc(NC(=O)Nc2ccc(-c3nc(N4CCOCC4)nc(N4C5CCC4COC5)n3)cc2)cc1. The van der Waals surface area contributed by atoms with Crippen LogP contribution in [0, 0.1) is 0 Å². The van der Waals surface area contributed by atoms with E-state index in [-0.39, 0.29) is 24.0 Å². The Labute approximate surface area is 263 Å². The normalized spacial score (nSPS) is 19.5. The molecule has 3 aliphatic heterocycles. The van der Waals surface area contributed by atoms with Crippen LogP contribution < -0.4 is 20.4 Å². The van der Waals surface area contributed by atoms with Crippen LogP contribution in [0.15, 0.2) is 48.5 Å². The van der Waals surface area contributed by atoms with E-state index in [1.807, 2.05) is 43.3 Å². The molecule has 2 bridgehead atoms. The first-order valence-corrected chi connectivity index (χ1v) is 15.5. The quantitative estimate of drug-likeness (QED) is 0.371. The van der Waals surface area contributed by atoms with E-state index in [1.54, 1.807) is 36.2 Å². The average molecular weight is 616 g/mol. The largest absolute Gasteiger partial charge is 0.378 e. The maximum absolute atomic E-state index is 12.8. The van der Waals surface area contributed by atoms with Gasteiger partial charge in [0.05, 0.1) is 38.5 Å². The predicted molar refractivity (Wildman–Crippen MR) is 173 cm³/mol. The van der Waals surface area contributed by atoms with Crippen molar-refractivity contribution in [3.8, 4) is 11.4 Å². The number of nitrogens with one attached hydrogen (secondary N) is 2. The Bertz CT molecular complexity index is 1460. The molecule has 13 nitrogen and oxygen atoms in total. The second-order valence-corrected chi connectivity index (χ2v) is 12.0. The Kier molecular flexibility index (Phi) is 9.38. The van der Waals surface area contributed by atoms with Crippen molar-refractivity contribution in [2.45, 2.75) is 24.9 Å². The van der Waals surface area contributed by atoms with Crippen LogP contribution in [-0.2, 0) is 9.47 Å². The third kappa shape index (κ3) is 7.32. The van der Waals surface area contributed by atoms with Gasteiger partial charge in [-0.2, -0.15) is 15.0 Å². The van der Waals surface area contributed by atoms with Gasteiger partial charge in [0, 0.05) is 55.7 Å². The van der Waals surface area contributed by atoms with Gasteiger partial charge in [-0.3, -0.25) is 4.79 Å². The van der Waals surface area contributed by atoms with Crippen molar-refractivity contribution < 1.29 is 19.1 Å². The van der Waals surface area contributed by atoms with E-state index < -0.39 is 0 Å². The highest BCUT2D eigenvalue weighted by atomic mass is 16.5. The zero-order valence-corrected chi connectivity index (χ0v) is 26.1. The summed E-state index contributed by atoms with van der Waals surface area (Å²) < 4.78 is 11.3. The Hall–Kier alpha value is -4.33. The number of carbonyl (C=O) groups excluding carboxylic acids is 2. The van der Waals surface area contributed by atoms with Crippen LogP contribution in [0.1, 0.15) is 23.2 Å². The van der Waals surface area contributed by atoms with Crippen LogP contribution in [0.2, 0.25) is 0 Å². The summed E-state index contributed by atoms with van der Waals surface area (Å²) in [6.07, 6.45) is 2.13. The molecule has 13 heteroatoms. The topological polar surface area (TPSA) is 128 Å². The van der Waals surface area contributed by atoms with Crippen LogP contribution in [0.4, 0.5) is 28.1 Å². The number of aromatic nitrogens is 3. The van der Waals surface area contributed by atoms with E-state index in [9.17, 15) is 9.59 Å². The first kappa shape index (κ1) is 30.7. The number of likely N-dealkylation sites (N-methyl/N-ethyl adjacent to an activating group) is 2. The average Bonchev–Trinajstić information content (AvgIpc) is 3.31. The van der Waals surface area contributed by atoms with E-state index in [0.717, 1.165) is 38.0 Å². The molecule has 6 rings (SSSR count).